The molecule has 0 aliphatic carbocycles. The largest absolute Gasteiger partial charge is 0.419 e. The van der Waals surface area contributed by atoms with Gasteiger partial charge in [-0.15, -0.1) is 0 Å². The molecular formula is C15H18F3NO2. The molecule has 21 heavy (non-hydrogen) atoms. The van der Waals surface area contributed by atoms with E-state index in [-0.39, 0.29) is 12.5 Å². The fourth-order valence-electron chi connectivity index (χ4n) is 2.67. The zero-order valence-corrected chi connectivity index (χ0v) is 11.7. The first-order valence-electron chi connectivity index (χ1n) is 6.91. The minimum atomic E-state index is -4.71. The Kier molecular flexibility index (Phi) is 4.27. The molecule has 2 atom stereocenters. The number of amides is 1. The van der Waals surface area contributed by atoms with Gasteiger partial charge in [0.25, 0.3) is 0 Å². The lowest BCUT2D eigenvalue weighted by molar-refractivity contribution is -0.253. The maximum absolute atomic E-state index is 12.8. The number of hydrogen-bond acceptors (Lipinski definition) is 2. The van der Waals surface area contributed by atoms with Crippen molar-refractivity contribution in [1.29, 1.82) is 0 Å². The number of benzene rings is 1. The van der Waals surface area contributed by atoms with Gasteiger partial charge < -0.3 is 10.0 Å². The summed E-state index contributed by atoms with van der Waals surface area (Å²) in [7, 11) is 0. The molecule has 0 saturated carbocycles. The van der Waals surface area contributed by atoms with Crippen molar-refractivity contribution in [2.45, 2.75) is 37.5 Å². The number of aliphatic hydroxyl groups is 1. The Morgan fingerprint density at radius 3 is 2.48 bits per heavy atom. The quantitative estimate of drug-likeness (QED) is 0.932. The van der Waals surface area contributed by atoms with Crippen LogP contribution in [-0.2, 0) is 4.79 Å². The van der Waals surface area contributed by atoms with Gasteiger partial charge in [0.05, 0.1) is 12.5 Å². The molecule has 1 N–H and O–H groups in total. The van der Waals surface area contributed by atoms with Crippen molar-refractivity contribution in [3.8, 4) is 0 Å². The van der Waals surface area contributed by atoms with Gasteiger partial charge in [0, 0.05) is 13.0 Å². The van der Waals surface area contributed by atoms with Gasteiger partial charge >= 0.3 is 6.18 Å². The predicted molar refractivity (Wildman–Crippen MR) is 71.7 cm³/mol. The van der Waals surface area contributed by atoms with Crippen LogP contribution in [0.4, 0.5) is 13.2 Å². The third-order valence-electron chi connectivity index (χ3n) is 4.00. The molecule has 1 aliphatic rings. The fourth-order valence-corrected chi connectivity index (χ4v) is 2.67. The van der Waals surface area contributed by atoms with E-state index in [9.17, 15) is 23.1 Å². The van der Waals surface area contributed by atoms with Gasteiger partial charge in [0.15, 0.2) is 5.60 Å². The summed E-state index contributed by atoms with van der Waals surface area (Å²) in [5.41, 5.74) is -2.00. The number of alkyl halides is 3. The van der Waals surface area contributed by atoms with Crippen molar-refractivity contribution in [2.24, 2.45) is 0 Å². The molecule has 1 aromatic rings. The number of halogens is 3. The maximum Gasteiger partial charge on any atom is 0.419 e. The van der Waals surface area contributed by atoms with E-state index in [0.717, 1.165) is 10.5 Å². The first-order chi connectivity index (χ1) is 9.78. The highest BCUT2D eigenvalue weighted by molar-refractivity contribution is 5.84. The zero-order chi connectivity index (χ0) is 15.7. The average molecular weight is 301 g/mol. The molecule has 1 aliphatic heterocycles. The SMILES string of the molecule is CCC(C(=O)N1CCC(O)(C(F)(F)F)C1)c1ccccc1. The van der Waals surface area contributed by atoms with Gasteiger partial charge in [-0.2, -0.15) is 13.2 Å². The third kappa shape index (κ3) is 3.05. The molecule has 3 nitrogen and oxygen atoms in total. The maximum atomic E-state index is 12.8. The number of β-amino-alcohol motifs (C(OH)–C–C–N with tert-alkyl or cyclic N) is 1. The number of hydrogen-bond donors (Lipinski definition) is 1. The second-order valence-electron chi connectivity index (χ2n) is 5.41. The monoisotopic (exact) mass is 301 g/mol. The van der Waals surface area contributed by atoms with E-state index in [1.807, 2.05) is 13.0 Å². The number of carbonyl (C=O) groups is 1. The summed E-state index contributed by atoms with van der Waals surface area (Å²) in [5, 5.41) is 9.65. The van der Waals surface area contributed by atoms with Crippen LogP contribution in [0.1, 0.15) is 31.2 Å². The van der Waals surface area contributed by atoms with Crippen LogP contribution in [0, 0.1) is 0 Å². The molecule has 0 bridgehead atoms. The van der Waals surface area contributed by atoms with Crippen LogP contribution in [0.5, 0.6) is 0 Å². The average Bonchev–Trinajstić information content (AvgIpc) is 2.84. The molecule has 1 fully saturated rings. The van der Waals surface area contributed by atoms with Crippen molar-refractivity contribution in [2.75, 3.05) is 13.1 Å². The Morgan fingerprint density at radius 1 is 1.38 bits per heavy atom. The van der Waals surface area contributed by atoms with E-state index in [2.05, 4.69) is 0 Å². The van der Waals surface area contributed by atoms with Crippen LogP contribution >= 0.6 is 0 Å². The number of nitrogens with zero attached hydrogens (tertiary/aromatic N) is 1. The summed E-state index contributed by atoms with van der Waals surface area (Å²) in [6.45, 7) is 1.07. The van der Waals surface area contributed by atoms with Gasteiger partial charge in [-0.25, -0.2) is 0 Å². The Balaban J connectivity index is 2.14. The number of likely N-dealkylation sites (tertiary alicyclic amines) is 1. The van der Waals surface area contributed by atoms with Crippen molar-refractivity contribution in [3.05, 3.63) is 35.9 Å². The lowest BCUT2D eigenvalue weighted by atomic mass is 9.95. The number of carbonyl (C=O) groups excluding carboxylic acids is 1. The summed E-state index contributed by atoms with van der Waals surface area (Å²) in [6.07, 6.45) is -4.67. The van der Waals surface area contributed by atoms with Crippen LogP contribution in [0.25, 0.3) is 0 Å². The molecule has 1 amide bonds. The fraction of sp³-hybridized carbons (Fsp3) is 0.533. The lowest BCUT2D eigenvalue weighted by Gasteiger charge is -2.27. The molecule has 1 heterocycles. The predicted octanol–water partition coefficient (Wildman–Crippen LogP) is 2.71. The molecule has 2 rings (SSSR count). The Hall–Kier alpha value is -1.56. The van der Waals surface area contributed by atoms with E-state index < -0.39 is 30.7 Å². The molecular weight excluding hydrogens is 283 g/mol. The molecule has 0 spiro atoms. The van der Waals surface area contributed by atoms with Crippen molar-refractivity contribution in [1.82, 2.24) is 4.90 Å². The first kappa shape index (κ1) is 15.8. The van der Waals surface area contributed by atoms with Crippen molar-refractivity contribution >= 4 is 5.91 Å². The lowest BCUT2D eigenvalue weighted by Crippen LogP contribution is -2.48. The standard InChI is InChI=1S/C15H18F3NO2/c1-2-12(11-6-4-3-5-7-11)13(20)19-9-8-14(21,10-19)15(16,17)18/h3-7,12,21H,2,8-10H2,1H3. The number of rotatable bonds is 3. The summed E-state index contributed by atoms with van der Waals surface area (Å²) in [6, 6.07) is 8.98. The molecule has 2 unspecified atom stereocenters. The second-order valence-corrected chi connectivity index (χ2v) is 5.41. The van der Waals surface area contributed by atoms with Crippen molar-refractivity contribution in [3.63, 3.8) is 0 Å². The van der Waals surface area contributed by atoms with Crippen LogP contribution < -0.4 is 0 Å². The van der Waals surface area contributed by atoms with Gasteiger partial charge in [0.1, 0.15) is 0 Å². The van der Waals surface area contributed by atoms with Crippen LogP contribution in [-0.4, -0.2) is 40.8 Å². The van der Waals surface area contributed by atoms with Gasteiger partial charge in [-0.3, -0.25) is 4.79 Å². The van der Waals surface area contributed by atoms with Crippen LogP contribution in [0.2, 0.25) is 0 Å². The van der Waals surface area contributed by atoms with Crippen molar-refractivity contribution < 1.29 is 23.1 Å². The highest BCUT2D eigenvalue weighted by Crippen LogP contribution is 2.38. The highest BCUT2D eigenvalue weighted by Gasteiger charge is 2.58. The Bertz CT molecular complexity index is 503. The van der Waals surface area contributed by atoms with Crippen LogP contribution in [0.3, 0.4) is 0 Å². The molecule has 116 valence electrons. The van der Waals surface area contributed by atoms with E-state index in [0.29, 0.717) is 6.42 Å². The normalized spacial score (nSPS) is 24.1. The van der Waals surface area contributed by atoms with E-state index in [4.69, 9.17) is 0 Å². The Labute approximate surface area is 121 Å². The molecule has 0 radical (unpaired) electrons. The summed E-state index contributed by atoms with van der Waals surface area (Å²) < 4.78 is 38.4. The molecule has 1 saturated heterocycles. The second kappa shape index (κ2) is 5.67. The summed E-state index contributed by atoms with van der Waals surface area (Å²) >= 11 is 0. The molecule has 6 heteroatoms. The first-order valence-corrected chi connectivity index (χ1v) is 6.91. The zero-order valence-electron chi connectivity index (χ0n) is 11.7. The topological polar surface area (TPSA) is 40.5 Å². The third-order valence-corrected chi connectivity index (χ3v) is 4.00. The minimum absolute atomic E-state index is 0.0713. The Morgan fingerprint density at radius 2 is 2.00 bits per heavy atom. The smallest absolute Gasteiger partial charge is 0.379 e. The van der Waals surface area contributed by atoms with Gasteiger partial charge in [0.2, 0.25) is 5.91 Å². The van der Waals surface area contributed by atoms with E-state index in [1.165, 1.54) is 0 Å². The summed E-state index contributed by atoms with van der Waals surface area (Å²) in [4.78, 5) is 13.6. The molecule has 1 aromatic carbocycles. The van der Waals surface area contributed by atoms with Gasteiger partial charge in [-0.05, 0) is 12.0 Å². The van der Waals surface area contributed by atoms with E-state index >= 15 is 0 Å². The van der Waals surface area contributed by atoms with Crippen LogP contribution in [0.15, 0.2) is 30.3 Å². The molecule has 0 aromatic heterocycles. The van der Waals surface area contributed by atoms with Gasteiger partial charge in [-0.1, -0.05) is 37.3 Å². The highest BCUT2D eigenvalue weighted by atomic mass is 19.4. The summed E-state index contributed by atoms with van der Waals surface area (Å²) in [5.74, 6) is -0.828. The van der Waals surface area contributed by atoms with E-state index in [1.54, 1.807) is 24.3 Å². The minimum Gasteiger partial charge on any atom is -0.379 e.